The Bertz CT molecular complexity index is 1230. The van der Waals surface area contributed by atoms with Crippen molar-refractivity contribution in [3.05, 3.63) is 47.4 Å². The Morgan fingerprint density at radius 1 is 1.35 bits per heavy atom. The summed E-state index contributed by atoms with van der Waals surface area (Å²) in [5.74, 6) is -4.19. The number of amides is 1. The molecule has 2 aliphatic rings. The number of fused-ring (bicyclic) bond motifs is 1. The molecule has 1 aliphatic carbocycles. The van der Waals surface area contributed by atoms with Crippen LogP contribution in [-0.4, -0.2) is 38.6 Å². The highest BCUT2D eigenvalue weighted by atomic mass is 32.2. The Hall–Kier alpha value is -3.47. The fourth-order valence-corrected chi connectivity index (χ4v) is 5.08. The van der Waals surface area contributed by atoms with E-state index < -0.39 is 52.4 Å². The van der Waals surface area contributed by atoms with E-state index in [0.717, 1.165) is 30.2 Å². The van der Waals surface area contributed by atoms with Gasteiger partial charge in [0.15, 0.2) is 23.4 Å². The van der Waals surface area contributed by atoms with Crippen molar-refractivity contribution in [2.45, 2.75) is 29.8 Å². The van der Waals surface area contributed by atoms with Crippen LogP contribution in [-0.2, 0) is 5.54 Å². The van der Waals surface area contributed by atoms with E-state index in [1.807, 2.05) is 0 Å². The topological polar surface area (TPSA) is 126 Å². The zero-order valence-corrected chi connectivity index (χ0v) is 18.1. The molecule has 1 fully saturated rings. The third kappa shape index (κ3) is 4.35. The van der Waals surface area contributed by atoms with Crippen LogP contribution < -0.4 is 15.8 Å². The summed E-state index contributed by atoms with van der Waals surface area (Å²) in [6, 6.07) is 4.11. The minimum absolute atomic E-state index is 0.0650. The van der Waals surface area contributed by atoms with Crippen LogP contribution in [0.5, 0.6) is 5.88 Å². The molecule has 3 atom stereocenters. The number of rotatable bonds is 5. The molecular formula is C20H15F5N6O2S. The molecule has 1 saturated carbocycles. The fourth-order valence-electron chi connectivity index (χ4n) is 3.81. The average Bonchev–Trinajstić information content (AvgIpc) is 3.50. The quantitative estimate of drug-likeness (QED) is 0.604. The lowest BCUT2D eigenvalue weighted by molar-refractivity contribution is -0.154. The predicted molar refractivity (Wildman–Crippen MR) is 111 cm³/mol. The Labute approximate surface area is 193 Å². The zero-order chi connectivity index (χ0) is 24.9. The normalized spacial score (nSPS) is 25.6. The molecule has 1 amide bonds. The first-order valence-corrected chi connectivity index (χ1v) is 10.5. The molecule has 178 valence electrons. The van der Waals surface area contributed by atoms with Crippen LogP contribution in [0.3, 0.4) is 0 Å². The number of hydrogen-bond acceptors (Lipinski definition) is 8. The largest absolute Gasteiger partial charge is 0.467 e. The van der Waals surface area contributed by atoms with E-state index in [9.17, 15) is 32.0 Å². The Kier molecular flexibility index (Phi) is 5.63. The third-order valence-electron chi connectivity index (χ3n) is 5.48. The molecule has 4 rings (SSSR count). The first kappa shape index (κ1) is 23.7. The highest BCUT2D eigenvalue weighted by Crippen LogP contribution is 2.65. The molecule has 2 aromatic rings. The van der Waals surface area contributed by atoms with Gasteiger partial charge in [0.2, 0.25) is 5.88 Å². The summed E-state index contributed by atoms with van der Waals surface area (Å²) >= 11 is 1.08. The number of ether oxygens (including phenoxy) is 1. The molecular weight excluding hydrogens is 483 g/mol. The molecule has 1 aromatic carbocycles. The monoisotopic (exact) mass is 498 g/mol. The van der Waals surface area contributed by atoms with Crippen molar-refractivity contribution in [1.82, 2.24) is 9.97 Å². The standard InChI is InChI=1S/C20H15F5N6O2S/c1-18(13-4-19(13,7-26)34-17(27)31-18)10-2-9(3-11(21)15(10)22)30-16(32)12-5-29-14(6-28-12)33-8-20(23,24)25/h2-3,5-6,13H,4,8H2,1H3,(H2,27,31)(H,30,32)/t13?,18-,19-/m1/s1. The first-order chi connectivity index (χ1) is 15.9. The first-order valence-electron chi connectivity index (χ1n) is 9.65. The number of nitriles is 1. The second kappa shape index (κ2) is 8.08. The number of nitrogens with zero attached hydrogens (tertiary/aromatic N) is 4. The number of anilines is 1. The van der Waals surface area contributed by atoms with E-state index in [4.69, 9.17) is 5.73 Å². The van der Waals surface area contributed by atoms with Gasteiger partial charge in [-0.15, -0.1) is 0 Å². The van der Waals surface area contributed by atoms with Gasteiger partial charge in [0.1, 0.15) is 10.4 Å². The molecule has 1 aromatic heterocycles. The highest BCUT2D eigenvalue weighted by molar-refractivity contribution is 8.15. The zero-order valence-electron chi connectivity index (χ0n) is 17.3. The van der Waals surface area contributed by atoms with Crippen molar-refractivity contribution in [1.29, 1.82) is 5.26 Å². The smallest absolute Gasteiger partial charge is 0.422 e. The van der Waals surface area contributed by atoms with E-state index in [2.05, 4.69) is 31.1 Å². The SMILES string of the molecule is C[C@]1(c2cc(NC(=O)c3cnc(OCC(F)(F)F)cn3)cc(F)c2F)N=C(N)S[C@@]2(C#N)CC21. The number of benzene rings is 1. The third-order valence-corrected chi connectivity index (χ3v) is 6.69. The van der Waals surface area contributed by atoms with Gasteiger partial charge in [-0.3, -0.25) is 9.79 Å². The van der Waals surface area contributed by atoms with Crippen molar-refractivity contribution in [2.75, 3.05) is 11.9 Å². The number of nitrogens with one attached hydrogen (secondary N) is 1. The molecule has 34 heavy (non-hydrogen) atoms. The van der Waals surface area contributed by atoms with Gasteiger partial charge in [0.25, 0.3) is 5.91 Å². The van der Waals surface area contributed by atoms with Crippen molar-refractivity contribution >= 4 is 28.5 Å². The lowest BCUT2D eigenvalue weighted by Crippen LogP contribution is -2.35. The average molecular weight is 498 g/mol. The van der Waals surface area contributed by atoms with E-state index >= 15 is 0 Å². The number of carbonyl (C=O) groups is 1. The fraction of sp³-hybridized carbons (Fsp3) is 0.350. The maximum atomic E-state index is 14.8. The maximum Gasteiger partial charge on any atom is 0.422 e. The summed E-state index contributed by atoms with van der Waals surface area (Å²) in [6.07, 6.45) is -2.50. The predicted octanol–water partition coefficient (Wildman–Crippen LogP) is 3.51. The molecule has 1 aliphatic heterocycles. The minimum Gasteiger partial charge on any atom is -0.467 e. The molecule has 2 heterocycles. The van der Waals surface area contributed by atoms with Crippen LogP contribution in [0, 0.1) is 28.9 Å². The van der Waals surface area contributed by atoms with Crippen LogP contribution in [0.4, 0.5) is 27.6 Å². The Morgan fingerprint density at radius 3 is 2.71 bits per heavy atom. The van der Waals surface area contributed by atoms with Gasteiger partial charge in [0.05, 0.1) is 24.0 Å². The van der Waals surface area contributed by atoms with Crippen LogP contribution >= 0.6 is 11.8 Å². The number of hydrogen-bond donors (Lipinski definition) is 2. The number of halogens is 5. The van der Waals surface area contributed by atoms with Gasteiger partial charge in [-0.2, -0.15) is 18.4 Å². The van der Waals surface area contributed by atoms with Gasteiger partial charge in [0, 0.05) is 23.2 Å². The number of nitrogens with two attached hydrogens (primary N) is 1. The maximum absolute atomic E-state index is 14.8. The van der Waals surface area contributed by atoms with Gasteiger partial charge in [-0.05, 0) is 19.4 Å². The summed E-state index contributed by atoms with van der Waals surface area (Å²) in [5.41, 5.74) is 3.89. The van der Waals surface area contributed by atoms with Crippen molar-refractivity contribution < 1.29 is 31.5 Å². The second-order valence-electron chi connectivity index (χ2n) is 7.88. The minimum atomic E-state index is -4.57. The summed E-state index contributed by atoms with van der Waals surface area (Å²) in [5, 5.41) is 11.9. The summed E-state index contributed by atoms with van der Waals surface area (Å²) in [4.78, 5) is 24.0. The molecule has 0 bridgehead atoms. The highest BCUT2D eigenvalue weighted by Gasteiger charge is 2.67. The van der Waals surface area contributed by atoms with Gasteiger partial charge >= 0.3 is 6.18 Å². The van der Waals surface area contributed by atoms with Crippen LogP contribution in [0.15, 0.2) is 29.5 Å². The molecule has 0 radical (unpaired) electrons. The lowest BCUT2D eigenvalue weighted by atomic mass is 9.85. The summed E-state index contributed by atoms with van der Waals surface area (Å²) in [6.45, 7) is -0.0405. The molecule has 14 heteroatoms. The van der Waals surface area contributed by atoms with Gasteiger partial charge < -0.3 is 15.8 Å². The second-order valence-corrected chi connectivity index (χ2v) is 9.23. The van der Waals surface area contributed by atoms with Gasteiger partial charge in [-0.1, -0.05) is 11.8 Å². The van der Waals surface area contributed by atoms with E-state index in [-0.39, 0.29) is 22.1 Å². The Balaban J connectivity index is 1.57. The molecule has 8 nitrogen and oxygen atoms in total. The molecule has 0 saturated heterocycles. The van der Waals surface area contributed by atoms with E-state index in [1.165, 1.54) is 13.0 Å². The molecule has 3 N–H and O–H groups in total. The van der Waals surface area contributed by atoms with Crippen molar-refractivity contribution in [3.8, 4) is 11.9 Å². The van der Waals surface area contributed by atoms with Crippen molar-refractivity contribution in [2.24, 2.45) is 16.6 Å². The van der Waals surface area contributed by atoms with Crippen LogP contribution in [0.25, 0.3) is 0 Å². The number of amidine groups is 1. The molecule has 1 unspecified atom stereocenters. The number of aromatic nitrogens is 2. The number of alkyl halides is 3. The molecule has 0 spiro atoms. The van der Waals surface area contributed by atoms with E-state index in [1.54, 1.807) is 0 Å². The number of aliphatic imine (C=N–C) groups is 1. The van der Waals surface area contributed by atoms with Crippen LogP contribution in [0.2, 0.25) is 0 Å². The summed E-state index contributed by atoms with van der Waals surface area (Å²) < 4.78 is 69.4. The lowest BCUT2D eigenvalue weighted by Gasteiger charge is -2.32. The van der Waals surface area contributed by atoms with E-state index in [0.29, 0.717) is 6.42 Å². The van der Waals surface area contributed by atoms with Gasteiger partial charge in [-0.25, -0.2) is 18.7 Å². The Morgan fingerprint density at radius 2 is 2.09 bits per heavy atom. The van der Waals surface area contributed by atoms with Crippen molar-refractivity contribution in [3.63, 3.8) is 0 Å². The number of thioether (sulfide) groups is 1. The van der Waals surface area contributed by atoms with Crippen LogP contribution in [0.1, 0.15) is 29.4 Å². The number of carbonyl (C=O) groups excluding carboxylic acids is 1. The summed E-state index contributed by atoms with van der Waals surface area (Å²) in [7, 11) is 0.